The van der Waals surface area contributed by atoms with Crippen molar-refractivity contribution in [1.29, 1.82) is 0 Å². The van der Waals surface area contributed by atoms with Crippen LogP contribution in [0.25, 0.3) is 22.5 Å². The van der Waals surface area contributed by atoms with Crippen LogP contribution in [0.5, 0.6) is 0 Å². The van der Waals surface area contributed by atoms with Crippen LogP contribution in [0.2, 0.25) is 0 Å². The predicted octanol–water partition coefficient (Wildman–Crippen LogP) is 5.52. The molecule has 1 heterocycles. The average Bonchev–Trinajstić information content (AvgIpc) is 3.01. The van der Waals surface area contributed by atoms with Gasteiger partial charge >= 0.3 is 6.18 Å². The molecule has 3 rings (SSSR count). The normalized spacial score (nSPS) is 12.4. The molecular formula is C18H12BrF5N2O2S. The summed E-state index contributed by atoms with van der Waals surface area (Å²) in [5.74, 6) is -4.19. The molecule has 3 aromatic rings. The smallest absolute Gasteiger partial charge is 0.334 e. The molecule has 154 valence electrons. The average molecular weight is 495 g/mol. The van der Waals surface area contributed by atoms with Gasteiger partial charge in [-0.3, -0.25) is 0 Å². The maximum Gasteiger partial charge on any atom is 0.449 e. The quantitative estimate of drug-likeness (QED) is 0.488. The number of aryl methyl sites for hydroxylation is 1. The number of sulfone groups is 1. The van der Waals surface area contributed by atoms with Crippen molar-refractivity contribution >= 4 is 25.8 Å². The van der Waals surface area contributed by atoms with Gasteiger partial charge in [0.25, 0.3) is 0 Å². The Balaban J connectivity index is 2.29. The third kappa shape index (κ3) is 4.20. The van der Waals surface area contributed by atoms with Gasteiger partial charge < -0.3 is 4.98 Å². The number of halogens is 6. The van der Waals surface area contributed by atoms with Crippen molar-refractivity contribution in [2.75, 3.05) is 6.26 Å². The van der Waals surface area contributed by atoms with Gasteiger partial charge in [-0.15, -0.1) is 0 Å². The van der Waals surface area contributed by atoms with E-state index in [0.717, 1.165) is 0 Å². The summed E-state index contributed by atoms with van der Waals surface area (Å²) in [6.45, 7) is 1.72. The molecule has 0 fully saturated rings. The van der Waals surface area contributed by atoms with E-state index < -0.39 is 38.4 Å². The lowest BCUT2D eigenvalue weighted by atomic mass is 10.0. The molecule has 0 radical (unpaired) electrons. The zero-order valence-corrected chi connectivity index (χ0v) is 17.2. The summed E-state index contributed by atoms with van der Waals surface area (Å²) in [5.41, 5.74) is 0.198. The molecule has 2 aromatic carbocycles. The summed E-state index contributed by atoms with van der Waals surface area (Å²) < 4.78 is 92.1. The van der Waals surface area contributed by atoms with E-state index in [-0.39, 0.29) is 17.0 Å². The lowest BCUT2D eigenvalue weighted by Crippen LogP contribution is -2.07. The molecule has 0 unspecified atom stereocenters. The van der Waals surface area contributed by atoms with Crippen LogP contribution in [0.15, 0.2) is 39.7 Å². The number of nitrogens with one attached hydrogen (secondary N) is 1. The van der Waals surface area contributed by atoms with Crippen molar-refractivity contribution in [2.24, 2.45) is 0 Å². The van der Waals surface area contributed by atoms with Crippen molar-refractivity contribution in [3.8, 4) is 22.5 Å². The Bertz CT molecular complexity index is 1200. The van der Waals surface area contributed by atoms with Gasteiger partial charge in [0.2, 0.25) is 5.82 Å². The first-order valence-electron chi connectivity index (χ1n) is 7.92. The van der Waals surface area contributed by atoms with Gasteiger partial charge in [0.15, 0.2) is 9.84 Å². The topological polar surface area (TPSA) is 62.8 Å². The molecule has 0 spiro atoms. The third-order valence-corrected chi connectivity index (χ3v) is 6.08. The first kappa shape index (κ1) is 21.4. The second-order valence-corrected chi connectivity index (χ2v) is 9.12. The van der Waals surface area contributed by atoms with Crippen LogP contribution >= 0.6 is 15.9 Å². The van der Waals surface area contributed by atoms with Gasteiger partial charge in [-0.2, -0.15) is 13.2 Å². The molecule has 11 heteroatoms. The van der Waals surface area contributed by atoms with Crippen molar-refractivity contribution in [3.63, 3.8) is 0 Å². The fourth-order valence-electron chi connectivity index (χ4n) is 2.78. The number of rotatable bonds is 3. The first-order chi connectivity index (χ1) is 13.3. The van der Waals surface area contributed by atoms with Crippen molar-refractivity contribution in [2.45, 2.75) is 18.0 Å². The maximum absolute atomic E-state index is 14.3. The zero-order valence-electron chi connectivity index (χ0n) is 14.8. The Kier molecular flexibility index (Phi) is 5.33. The Morgan fingerprint density at radius 2 is 1.62 bits per heavy atom. The van der Waals surface area contributed by atoms with Crippen LogP contribution in [0.1, 0.15) is 11.4 Å². The molecule has 4 nitrogen and oxygen atoms in total. The van der Waals surface area contributed by atoms with E-state index in [4.69, 9.17) is 0 Å². The lowest BCUT2D eigenvalue weighted by molar-refractivity contribution is -0.144. The molecule has 29 heavy (non-hydrogen) atoms. The fourth-order valence-corrected chi connectivity index (χ4v) is 3.85. The minimum Gasteiger partial charge on any atom is -0.334 e. The SMILES string of the molecule is Cc1cc(-c2[nH]c(C(F)(F)F)nc2-c2cc(F)c(S(C)(=O)=O)c(F)c2)ccc1Br. The van der Waals surface area contributed by atoms with Gasteiger partial charge in [0.1, 0.15) is 16.5 Å². The summed E-state index contributed by atoms with van der Waals surface area (Å²) in [6.07, 6.45) is -4.21. The summed E-state index contributed by atoms with van der Waals surface area (Å²) in [6, 6.07) is 5.97. The number of nitrogens with zero attached hydrogens (tertiary/aromatic N) is 1. The lowest BCUT2D eigenvalue weighted by Gasteiger charge is -2.08. The number of imidazole rings is 1. The monoisotopic (exact) mass is 494 g/mol. The highest BCUT2D eigenvalue weighted by Gasteiger charge is 2.36. The van der Waals surface area contributed by atoms with Crippen LogP contribution in [-0.4, -0.2) is 24.6 Å². The largest absolute Gasteiger partial charge is 0.449 e. The van der Waals surface area contributed by atoms with Crippen LogP contribution in [-0.2, 0) is 16.0 Å². The first-order valence-corrected chi connectivity index (χ1v) is 10.6. The maximum atomic E-state index is 14.3. The number of benzene rings is 2. The molecule has 0 amide bonds. The Labute approximate surface area is 170 Å². The van der Waals surface area contributed by atoms with E-state index in [1.165, 1.54) is 6.07 Å². The van der Waals surface area contributed by atoms with Crippen molar-refractivity contribution in [1.82, 2.24) is 9.97 Å². The molecule has 0 bridgehead atoms. The molecule has 1 N–H and O–H groups in total. The molecule has 0 aliphatic heterocycles. The minimum absolute atomic E-state index is 0.112. The second kappa shape index (κ2) is 7.21. The Morgan fingerprint density at radius 1 is 1.03 bits per heavy atom. The summed E-state index contributed by atoms with van der Waals surface area (Å²) in [7, 11) is -4.22. The second-order valence-electron chi connectivity index (χ2n) is 6.31. The van der Waals surface area contributed by atoms with Crippen LogP contribution < -0.4 is 0 Å². The van der Waals surface area contributed by atoms with Crippen molar-refractivity contribution in [3.05, 3.63) is 57.8 Å². The van der Waals surface area contributed by atoms with Crippen LogP contribution in [0.4, 0.5) is 22.0 Å². The molecule has 1 aromatic heterocycles. The third-order valence-electron chi connectivity index (χ3n) is 4.06. The number of aromatic nitrogens is 2. The molecule has 0 aliphatic rings. The number of alkyl halides is 3. The summed E-state index contributed by atoms with van der Waals surface area (Å²) in [4.78, 5) is 4.47. The zero-order chi connectivity index (χ0) is 21.7. The van der Waals surface area contributed by atoms with Gasteiger partial charge in [-0.05, 0) is 36.8 Å². The van der Waals surface area contributed by atoms with Gasteiger partial charge in [-0.25, -0.2) is 22.2 Å². The number of hydrogen-bond acceptors (Lipinski definition) is 3. The number of H-pyrrole nitrogens is 1. The molecule has 0 saturated heterocycles. The van der Waals surface area contributed by atoms with E-state index in [0.29, 0.717) is 34.0 Å². The van der Waals surface area contributed by atoms with E-state index in [1.54, 1.807) is 19.1 Å². The highest BCUT2D eigenvalue weighted by molar-refractivity contribution is 9.10. The van der Waals surface area contributed by atoms with Crippen LogP contribution in [0, 0.1) is 18.6 Å². The molecule has 0 aliphatic carbocycles. The summed E-state index contributed by atoms with van der Waals surface area (Å²) in [5, 5.41) is 0. The van der Waals surface area contributed by atoms with E-state index in [1.807, 2.05) is 0 Å². The van der Waals surface area contributed by atoms with E-state index in [9.17, 15) is 30.4 Å². The Morgan fingerprint density at radius 3 is 2.10 bits per heavy atom. The minimum atomic E-state index is -4.83. The van der Waals surface area contributed by atoms with Crippen molar-refractivity contribution < 1.29 is 30.4 Å². The molecule has 0 saturated carbocycles. The highest BCUT2D eigenvalue weighted by Crippen LogP contribution is 2.37. The van der Waals surface area contributed by atoms with Gasteiger partial charge in [0, 0.05) is 21.9 Å². The fraction of sp³-hybridized carbons (Fsp3) is 0.167. The summed E-state index contributed by atoms with van der Waals surface area (Å²) >= 11 is 3.29. The van der Waals surface area contributed by atoms with E-state index >= 15 is 0 Å². The van der Waals surface area contributed by atoms with E-state index in [2.05, 4.69) is 25.9 Å². The van der Waals surface area contributed by atoms with Gasteiger partial charge in [0.05, 0.1) is 11.4 Å². The molecule has 0 atom stereocenters. The standard InChI is InChI=1S/C18H12BrF5N2O2S/c1-8-5-9(3-4-11(8)19)14-15(26-17(25-14)18(22,23)24)10-6-12(20)16(13(21)7-10)29(2,27)28/h3-7H,1-2H3,(H,25,26). The highest BCUT2D eigenvalue weighted by atomic mass is 79.9. The van der Waals surface area contributed by atoms with Gasteiger partial charge in [-0.1, -0.05) is 22.0 Å². The number of hydrogen-bond donors (Lipinski definition) is 1. The molecular weight excluding hydrogens is 483 g/mol. The Hall–Kier alpha value is -2.27. The van der Waals surface area contributed by atoms with Crippen LogP contribution in [0.3, 0.4) is 0 Å². The predicted molar refractivity (Wildman–Crippen MR) is 99.9 cm³/mol. The number of aromatic amines is 1.